The van der Waals surface area contributed by atoms with E-state index in [2.05, 4.69) is 0 Å². The Labute approximate surface area is 47.7 Å². The van der Waals surface area contributed by atoms with Crippen LogP contribution < -0.4 is 0 Å². The zero-order chi connectivity index (χ0) is 5.41. The maximum absolute atomic E-state index is 8.87. The molecule has 0 aromatic rings. The van der Waals surface area contributed by atoms with Crippen LogP contribution in [0.2, 0.25) is 0 Å². The van der Waals surface area contributed by atoms with Crippen molar-refractivity contribution in [2.24, 2.45) is 0 Å². The van der Waals surface area contributed by atoms with E-state index in [1.165, 1.54) is 0 Å². The second-order valence-corrected chi connectivity index (χ2v) is 1.05. The molecule has 6 heavy (non-hydrogen) atoms. The van der Waals surface area contributed by atoms with Crippen molar-refractivity contribution >= 4 is 16.9 Å². The molecule has 32 valence electrons. The first-order chi connectivity index (χ1) is 2.83. The predicted octanol–water partition coefficient (Wildman–Crippen LogP) is -1.92. The molecule has 0 aliphatic heterocycles. The van der Waals surface area contributed by atoms with Crippen molar-refractivity contribution < 1.29 is 30.4 Å². The van der Waals surface area contributed by atoms with Crippen molar-refractivity contribution in [3.8, 4) is 0 Å². The molecule has 0 saturated carbocycles. The molecule has 0 aliphatic carbocycles. The van der Waals surface area contributed by atoms with Crippen molar-refractivity contribution in [3.05, 3.63) is 0 Å². The van der Waals surface area contributed by atoms with Crippen LogP contribution in [0.3, 0.4) is 0 Å². The van der Waals surface area contributed by atoms with Gasteiger partial charge in [0.25, 0.3) is 0 Å². The summed E-state index contributed by atoms with van der Waals surface area (Å²) in [7, 11) is 0.688. The van der Waals surface area contributed by atoms with Gasteiger partial charge in [-0.15, -0.1) is 0 Å². The molecule has 0 rings (SSSR count). The van der Waals surface area contributed by atoms with Gasteiger partial charge in [-0.25, -0.2) is 0 Å². The Bertz CT molecular complexity index is 55.8. The average Bonchev–Trinajstić information content (AvgIpc) is 1.39. The van der Waals surface area contributed by atoms with E-state index in [0.717, 1.165) is 6.74 Å². The molecule has 0 unspecified atom stereocenters. The van der Waals surface area contributed by atoms with E-state index in [9.17, 15) is 0 Å². The third-order valence-corrected chi connectivity index (χ3v) is 0. The summed E-state index contributed by atoms with van der Waals surface area (Å²) in [5, 5.41) is 0. The van der Waals surface area contributed by atoms with Gasteiger partial charge < -0.3 is 0 Å². The van der Waals surface area contributed by atoms with Crippen LogP contribution in [0.15, 0.2) is 0 Å². The summed E-state index contributed by atoms with van der Waals surface area (Å²) in [4.78, 5) is 0. The van der Waals surface area contributed by atoms with E-state index < -0.39 is 19.1 Å². The Morgan fingerprint density at radius 1 is 1.50 bits per heavy atom. The van der Waals surface area contributed by atoms with E-state index >= 15 is 0 Å². The minimum absolute atomic E-state index is 0.688. The molecule has 0 aliphatic rings. The zero-order valence-corrected chi connectivity index (χ0v) is 6.86. The molecule has 3 nitrogen and oxygen atoms in total. The molecular weight excluding hydrogens is 135 g/mol. The van der Waals surface area contributed by atoms with Gasteiger partial charge in [-0.05, 0) is 0 Å². The topological polar surface area (TPSA) is 51.2 Å². The summed E-state index contributed by atoms with van der Waals surface area (Å²) >= 11 is -2.00. The molecule has 0 fully saturated rings. The first-order valence-electron chi connectivity index (χ1n) is 1.22. The monoisotopic (exact) mass is 138 g/mol. The van der Waals surface area contributed by atoms with Gasteiger partial charge in [0, 0.05) is 0 Å². The molecular formula is H3BO3SiTi. The first-order valence-corrected chi connectivity index (χ1v) is 3.65. The molecule has 0 radical (unpaired) electrons. The van der Waals surface area contributed by atoms with Gasteiger partial charge in [-0.1, -0.05) is 0 Å². The molecule has 6 heteroatoms. The van der Waals surface area contributed by atoms with E-state index in [4.69, 9.17) is 11.4 Å². The maximum atomic E-state index is 8.87. The van der Waals surface area contributed by atoms with Gasteiger partial charge in [0.05, 0.1) is 0 Å². The normalized spacial score (nSPS) is 3.33. The van der Waals surface area contributed by atoms with E-state index in [-0.39, 0.29) is 0 Å². The molecule has 0 aromatic carbocycles. The van der Waals surface area contributed by atoms with Crippen LogP contribution in [0.4, 0.5) is 0 Å². The number of hydrogen-bond donors (Lipinski definition) is 0. The van der Waals surface area contributed by atoms with Gasteiger partial charge >= 0.3 is 47.3 Å². The Morgan fingerprint density at radius 3 is 1.50 bits per heavy atom. The molecule has 0 aromatic heterocycles. The predicted molar refractivity (Wildman–Crippen MR) is 17.8 cm³/mol. The van der Waals surface area contributed by atoms with E-state index in [1.807, 2.05) is 0 Å². The van der Waals surface area contributed by atoms with E-state index in [1.54, 1.807) is 0 Å². The minimum atomic E-state index is -2.00. The fraction of sp³-hybridized carbons (Fsp3) is 0. The van der Waals surface area contributed by atoms with Crippen molar-refractivity contribution in [2.75, 3.05) is 0 Å². The van der Waals surface area contributed by atoms with Crippen LogP contribution in [-0.2, 0) is 30.4 Å². The van der Waals surface area contributed by atoms with Crippen LogP contribution in [-0.4, -0.2) is 16.9 Å². The van der Waals surface area contributed by atoms with Gasteiger partial charge in [-0.2, -0.15) is 0 Å². The molecule has 0 N–H and O–H groups in total. The van der Waals surface area contributed by atoms with Crippen LogP contribution in [0.5, 0.6) is 0 Å². The second-order valence-electron chi connectivity index (χ2n) is 0.319. The summed E-state index contributed by atoms with van der Waals surface area (Å²) in [6.45, 7) is 0.889. The number of rotatable bonds is 0. The van der Waals surface area contributed by atoms with Gasteiger partial charge in [0.15, 0.2) is 0 Å². The average molecular weight is 138 g/mol. The third-order valence-electron chi connectivity index (χ3n) is 0. The van der Waals surface area contributed by atoms with Crippen LogP contribution >= 0.6 is 0 Å². The Hall–Kier alpha value is 0.396. The van der Waals surface area contributed by atoms with Crippen LogP contribution in [0, 0.1) is 0 Å². The van der Waals surface area contributed by atoms with Gasteiger partial charge in [0.1, 0.15) is 0 Å². The fourth-order valence-corrected chi connectivity index (χ4v) is 0. The van der Waals surface area contributed by atoms with E-state index in [0.29, 0.717) is 10.1 Å². The van der Waals surface area contributed by atoms with Crippen LogP contribution in [0.25, 0.3) is 0 Å². The Kier molecular flexibility index (Phi) is 29.2. The second kappa shape index (κ2) is 18.2. The van der Waals surface area contributed by atoms with Gasteiger partial charge in [-0.3, -0.25) is 0 Å². The fourth-order valence-electron chi connectivity index (χ4n) is 0. The summed E-state index contributed by atoms with van der Waals surface area (Å²) in [6.07, 6.45) is 0. The molecule has 0 spiro atoms. The summed E-state index contributed by atoms with van der Waals surface area (Å²) in [5.74, 6) is 0. The summed E-state index contributed by atoms with van der Waals surface area (Å²) in [6, 6.07) is 0. The van der Waals surface area contributed by atoms with Crippen molar-refractivity contribution in [2.45, 2.75) is 0 Å². The van der Waals surface area contributed by atoms with Crippen LogP contribution in [0.1, 0.15) is 0 Å². The van der Waals surface area contributed by atoms with Crippen molar-refractivity contribution in [1.29, 1.82) is 0 Å². The molecule has 0 bridgehead atoms. The van der Waals surface area contributed by atoms with Gasteiger partial charge in [0.2, 0.25) is 0 Å². The standard InChI is InChI=1S/BH3OSi.2O.Ti/c2-1-3;;;/h3H3;;;. The quantitative estimate of drug-likeness (QED) is 0.366. The Balaban J connectivity index is 0. The zero-order valence-electron chi connectivity index (χ0n) is 3.30. The van der Waals surface area contributed by atoms with Crippen molar-refractivity contribution in [1.82, 2.24) is 0 Å². The Morgan fingerprint density at radius 2 is 1.50 bits per heavy atom. The summed E-state index contributed by atoms with van der Waals surface area (Å²) < 4.78 is 25.9. The molecule has 0 heterocycles. The SMILES string of the molecule is O=B[SiH3].[O]=[Ti]=[O]. The first kappa shape index (κ1) is 9.64. The third kappa shape index (κ3) is 323. The van der Waals surface area contributed by atoms with Crippen molar-refractivity contribution in [3.63, 3.8) is 0 Å². The molecule has 0 atom stereocenters. The molecule has 0 amide bonds. The summed E-state index contributed by atoms with van der Waals surface area (Å²) in [5.41, 5.74) is 0. The molecule has 0 saturated heterocycles. The number of hydrogen-bond acceptors (Lipinski definition) is 3.